The fourth-order valence-electron chi connectivity index (χ4n) is 1.76. The number of aliphatic hydroxyl groups excluding tert-OH is 1. The average molecular weight is 221 g/mol. The third-order valence-corrected chi connectivity index (χ3v) is 3.51. The van der Waals surface area contributed by atoms with Gasteiger partial charge in [0.25, 0.3) is 0 Å². The van der Waals surface area contributed by atoms with E-state index in [1.54, 1.807) is 0 Å². The fraction of sp³-hybridized carbons (Fsp3) is 0.571. The zero-order valence-corrected chi connectivity index (χ0v) is 10.7. The van der Waals surface area contributed by atoms with E-state index in [1.807, 2.05) is 13.0 Å². The van der Waals surface area contributed by atoms with Crippen molar-refractivity contribution in [2.24, 2.45) is 11.7 Å². The summed E-state index contributed by atoms with van der Waals surface area (Å²) < 4.78 is 0. The van der Waals surface area contributed by atoms with Crippen LogP contribution in [0.1, 0.15) is 43.0 Å². The first-order valence-electron chi connectivity index (χ1n) is 5.98. The van der Waals surface area contributed by atoms with Gasteiger partial charge < -0.3 is 10.8 Å². The maximum Gasteiger partial charge on any atom is 0.0758 e. The molecule has 1 unspecified atom stereocenters. The first kappa shape index (κ1) is 13.2. The standard InChI is InChI=1S/C14H23NO/c1-5-9(2)14(16)13(15)12-7-6-10(3)11(4)8-12/h6-9,13-14,16H,5,15H2,1-4H3/t9?,13-,14+/m1/s1. The molecule has 3 atom stereocenters. The molecule has 0 aromatic heterocycles. The molecule has 0 fully saturated rings. The second-order valence-corrected chi connectivity index (χ2v) is 4.75. The molecule has 0 amide bonds. The number of hydrogen-bond donors (Lipinski definition) is 2. The van der Waals surface area contributed by atoms with Crippen LogP contribution in [0.15, 0.2) is 18.2 Å². The van der Waals surface area contributed by atoms with Crippen LogP contribution >= 0.6 is 0 Å². The lowest BCUT2D eigenvalue weighted by molar-refractivity contribution is 0.0880. The molecule has 1 rings (SSSR count). The van der Waals surface area contributed by atoms with Crippen LogP contribution in [0.3, 0.4) is 0 Å². The Kier molecular flexibility index (Phi) is 4.51. The van der Waals surface area contributed by atoms with Crippen LogP contribution in [0.2, 0.25) is 0 Å². The highest BCUT2D eigenvalue weighted by molar-refractivity contribution is 5.32. The number of rotatable bonds is 4. The normalized spacial score (nSPS) is 16.9. The summed E-state index contributed by atoms with van der Waals surface area (Å²) in [6, 6.07) is 5.87. The van der Waals surface area contributed by atoms with Gasteiger partial charge in [-0.15, -0.1) is 0 Å². The summed E-state index contributed by atoms with van der Waals surface area (Å²) in [6.07, 6.45) is 0.479. The van der Waals surface area contributed by atoms with Crippen LogP contribution in [-0.4, -0.2) is 11.2 Å². The Morgan fingerprint density at radius 2 is 1.88 bits per heavy atom. The summed E-state index contributed by atoms with van der Waals surface area (Å²) in [7, 11) is 0. The second kappa shape index (κ2) is 5.46. The summed E-state index contributed by atoms with van der Waals surface area (Å²) in [6.45, 7) is 8.25. The Bertz CT molecular complexity index is 349. The molecule has 0 saturated heterocycles. The molecule has 0 aliphatic carbocycles. The van der Waals surface area contributed by atoms with Crippen LogP contribution in [0, 0.1) is 19.8 Å². The van der Waals surface area contributed by atoms with Gasteiger partial charge in [-0.05, 0) is 36.5 Å². The minimum absolute atomic E-state index is 0.233. The molecule has 0 bridgehead atoms. The number of benzene rings is 1. The Hall–Kier alpha value is -0.860. The lowest BCUT2D eigenvalue weighted by atomic mass is 9.90. The maximum atomic E-state index is 10.1. The van der Waals surface area contributed by atoms with Gasteiger partial charge >= 0.3 is 0 Å². The lowest BCUT2D eigenvalue weighted by Crippen LogP contribution is -2.31. The summed E-state index contributed by atoms with van der Waals surface area (Å²) >= 11 is 0. The Balaban J connectivity index is 2.87. The number of aryl methyl sites for hydroxylation is 2. The monoisotopic (exact) mass is 221 g/mol. The van der Waals surface area contributed by atoms with Crippen LogP contribution in [0.5, 0.6) is 0 Å². The highest BCUT2D eigenvalue weighted by Gasteiger charge is 2.21. The van der Waals surface area contributed by atoms with Gasteiger partial charge in [0.1, 0.15) is 0 Å². The van der Waals surface area contributed by atoms with Crippen molar-refractivity contribution in [2.75, 3.05) is 0 Å². The van der Waals surface area contributed by atoms with Gasteiger partial charge in [0, 0.05) is 0 Å². The highest BCUT2D eigenvalue weighted by atomic mass is 16.3. The molecule has 16 heavy (non-hydrogen) atoms. The van der Waals surface area contributed by atoms with Crippen LogP contribution in [-0.2, 0) is 0 Å². The minimum Gasteiger partial charge on any atom is -0.391 e. The topological polar surface area (TPSA) is 46.2 Å². The van der Waals surface area contributed by atoms with Crippen molar-refractivity contribution in [2.45, 2.75) is 46.3 Å². The Morgan fingerprint density at radius 1 is 1.25 bits per heavy atom. The van der Waals surface area contributed by atoms with Crippen molar-refractivity contribution >= 4 is 0 Å². The predicted molar refractivity (Wildman–Crippen MR) is 68.3 cm³/mol. The van der Waals surface area contributed by atoms with E-state index >= 15 is 0 Å². The Morgan fingerprint density at radius 3 is 2.38 bits per heavy atom. The van der Waals surface area contributed by atoms with Gasteiger partial charge in [0.2, 0.25) is 0 Å². The van der Waals surface area contributed by atoms with E-state index in [1.165, 1.54) is 11.1 Å². The number of aliphatic hydroxyl groups is 1. The van der Waals surface area contributed by atoms with Gasteiger partial charge in [0.15, 0.2) is 0 Å². The maximum absolute atomic E-state index is 10.1. The van der Waals surface area contributed by atoms with Crippen LogP contribution in [0.4, 0.5) is 0 Å². The molecule has 0 aliphatic heterocycles. The van der Waals surface area contributed by atoms with Gasteiger partial charge in [-0.2, -0.15) is 0 Å². The molecule has 0 heterocycles. The van der Waals surface area contributed by atoms with Crippen LogP contribution in [0.25, 0.3) is 0 Å². The number of hydrogen-bond acceptors (Lipinski definition) is 2. The predicted octanol–water partition coefficient (Wildman–Crippen LogP) is 2.71. The molecule has 1 aromatic rings. The molecule has 2 heteroatoms. The molecule has 0 aliphatic rings. The van der Waals surface area contributed by atoms with Gasteiger partial charge in [0.05, 0.1) is 12.1 Å². The zero-order chi connectivity index (χ0) is 12.3. The third kappa shape index (κ3) is 2.83. The molecule has 0 saturated carbocycles. The minimum atomic E-state index is -0.466. The summed E-state index contributed by atoms with van der Waals surface area (Å²) in [5.41, 5.74) is 9.59. The average Bonchev–Trinajstić information content (AvgIpc) is 2.29. The quantitative estimate of drug-likeness (QED) is 0.821. The van der Waals surface area contributed by atoms with E-state index in [2.05, 4.69) is 32.9 Å². The molecule has 2 nitrogen and oxygen atoms in total. The SMILES string of the molecule is CCC(C)[C@H](O)[C@H](N)c1ccc(C)c(C)c1. The van der Waals surface area contributed by atoms with Gasteiger partial charge in [-0.3, -0.25) is 0 Å². The van der Waals surface area contributed by atoms with E-state index < -0.39 is 6.10 Å². The Labute approximate surface area is 98.5 Å². The molecule has 3 N–H and O–H groups in total. The molecular weight excluding hydrogens is 198 g/mol. The molecule has 0 radical (unpaired) electrons. The largest absolute Gasteiger partial charge is 0.391 e. The van der Waals surface area contributed by atoms with Crippen molar-refractivity contribution in [3.63, 3.8) is 0 Å². The number of nitrogens with two attached hydrogens (primary N) is 1. The smallest absolute Gasteiger partial charge is 0.0758 e. The van der Waals surface area contributed by atoms with E-state index in [0.717, 1.165) is 12.0 Å². The van der Waals surface area contributed by atoms with E-state index in [4.69, 9.17) is 5.73 Å². The first-order chi connectivity index (χ1) is 7.47. The molecule has 0 spiro atoms. The third-order valence-electron chi connectivity index (χ3n) is 3.51. The van der Waals surface area contributed by atoms with Gasteiger partial charge in [-0.25, -0.2) is 0 Å². The lowest BCUT2D eigenvalue weighted by Gasteiger charge is -2.24. The summed E-state index contributed by atoms with van der Waals surface area (Å²) in [5.74, 6) is 0.233. The van der Waals surface area contributed by atoms with Crippen LogP contribution < -0.4 is 5.73 Å². The summed E-state index contributed by atoms with van der Waals surface area (Å²) in [5, 5.41) is 10.1. The van der Waals surface area contributed by atoms with Gasteiger partial charge in [-0.1, -0.05) is 38.5 Å². The van der Waals surface area contributed by atoms with Crippen molar-refractivity contribution in [1.29, 1.82) is 0 Å². The molecular formula is C14H23NO. The first-order valence-corrected chi connectivity index (χ1v) is 5.98. The van der Waals surface area contributed by atoms with Crippen molar-refractivity contribution in [1.82, 2.24) is 0 Å². The van der Waals surface area contributed by atoms with Crippen molar-refractivity contribution in [3.8, 4) is 0 Å². The van der Waals surface area contributed by atoms with Crippen molar-refractivity contribution in [3.05, 3.63) is 34.9 Å². The summed E-state index contributed by atoms with van der Waals surface area (Å²) in [4.78, 5) is 0. The van der Waals surface area contributed by atoms with E-state index in [-0.39, 0.29) is 12.0 Å². The van der Waals surface area contributed by atoms with E-state index in [0.29, 0.717) is 0 Å². The van der Waals surface area contributed by atoms with E-state index in [9.17, 15) is 5.11 Å². The zero-order valence-electron chi connectivity index (χ0n) is 10.7. The van der Waals surface area contributed by atoms with Crippen molar-refractivity contribution < 1.29 is 5.11 Å². The molecule has 90 valence electrons. The highest BCUT2D eigenvalue weighted by Crippen LogP contribution is 2.23. The second-order valence-electron chi connectivity index (χ2n) is 4.75. The molecule has 1 aromatic carbocycles. The fourth-order valence-corrected chi connectivity index (χ4v) is 1.76.